The molecule has 0 saturated heterocycles. The summed E-state index contributed by atoms with van der Waals surface area (Å²) in [6.45, 7) is 3.88. The van der Waals surface area contributed by atoms with E-state index in [0.717, 1.165) is 12.0 Å². The van der Waals surface area contributed by atoms with Gasteiger partial charge in [0.15, 0.2) is 6.61 Å². The standard InChI is InChI=1S/C19H22N2O3/c1-3-15-6-5-9-18(11-15)24-13-19(23)20-12-16-7-4-8-17(10-16)21-14(2)22/h4-11H,3,12-13H2,1-2H3,(H,20,23)(H,21,22). The number of ether oxygens (including phenoxy) is 1. The fourth-order valence-electron chi connectivity index (χ4n) is 2.22. The van der Waals surface area contributed by atoms with Crippen LogP contribution in [0, 0.1) is 0 Å². The fraction of sp³-hybridized carbons (Fsp3) is 0.263. The van der Waals surface area contributed by atoms with Crippen LogP contribution in [0.3, 0.4) is 0 Å². The summed E-state index contributed by atoms with van der Waals surface area (Å²) in [5.74, 6) is 0.373. The summed E-state index contributed by atoms with van der Waals surface area (Å²) in [6.07, 6.45) is 0.925. The van der Waals surface area contributed by atoms with E-state index in [1.54, 1.807) is 6.07 Å². The molecule has 2 N–H and O–H groups in total. The van der Waals surface area contributed by atoms with Gasteiger partial charge in [0.25, 0.3) is 5.91 Å². The van der Waals surface area contributed by atoms with Gasteiger partial charge in [-0.1, -0.05) is 31.2 Å². The normalized spacial score (nSPS) is 10.1. The van der Waals surface area contributed by atoms with Crippen LogP contribution in [0.5, 0.6) is 5.75 Å². The predicted molar refractivity (Wildman–Crippen MR) is 93.9 cm³/mol. The number of nitrogens with one attached hydrogen (secondary N) is 2. The fourth-order valence-corrected chi connectivity index (χ4v) is 2.22. The number of amides is 2. The molecule has 0 atom stereocenters. The van der Waals surface area contributed by atoms with Crippen molar-refractivity contribution in [3.8, 4) is 5.75 Å². The first-order valence-corrected chi connectivity index (χ1v) is 7.92. The average molecular weight is 326 g/mol. The van der Waals surface area contributed by atoms with Crippen molar-refractivity contribution in [2.75, 3.05) is 11.9 Å². The van der Waals surface area contributed by atoms with Gasteiger partial charge < -0.3 is 15.4 Å². The Morgan fingerprint density at radius 2 is 1.79 bits per heavy atom. The first kappa shape index (κ1) is 17.5. The van der Waals surface area contributed by atoms with Crippen molar-refractivity contribution >= 4 is 17.5 Å². The monoisotopic (exact) mass is 326 g/mol. The maximum absolute atomic E-state index is 11.9. The second-order valence-corrected chi connectivity index (χ2v) is 5.45. The second kappa shape index (κ2) is 8.72. The highest BCUT2D eigenvalue weighted by Crippen LogP contribution is 2.13. The van der Waals surface area contributed by atoms with Crippen molar-refractivity contribution < 1.29 is 14.3 Å². The molecule has 0 aliphatic rings. The molecule has 0 radical (unpaired) electrons. The number of rotatable bonds is 7. The lowest BCUT2D eigenvalue weighted by atomic mass is 10.2. The molecule has 0 aromatic heterocycles. The summed E-state index contributed by atoms with van der Waals surface area (Å²) in [5, 5.41) is 5.52. The van der Waals surface area contributed by atoms with Crippen molar-refractivity contribution in [1.29, 1.82) is 0 Å². The molecule has 2 aromatic rings. The van der Waals surface area contributed by atoms with E-state index in [0.29, 0.717) is 18.0 Å². The molecule has 2 aromatic carbocycles. The van der Waals surface area contributed by atoms with Crippen LogP contribution in [0.25, 0.3) is 0 Å². The number of carbonyl (C=O) groups is 2. The van der Waals surface area contributed by atoms with Gasteiger partial charge in [-0.05, 0) is 41.8 Å². The van der Waals surface area contributed by atoms with Gasteiger partial charge in [-0.2, -0.15) is 0 Å². The quantitative estimate of drug-likeness (QED) is 0.822. The van der Waals surface area contributed by atoms with Crippen molar-refractivity contribution in [3.63, 3.8) is 0 Å². The molecule has 0 saturated carbocycles. The van der Waals surface area contributed by atoms with Gasteiger partial charge in [0.05, 0.1) is 0 Å². The zero-order valence-corrected chi connectivity index (χ0v) is 14.0. The summed E-state index contributed by atoms with van der Waals surface area (Å²) in [5.41, 5.74) is 2.78. The highest BCUT2D eigenvalue weighted by atomic mass is 16.5. The van der Waals surface area contributed by atoms with Crippen molar-refractivity contribution in [3.05, 3.63) is 59.7 Å². The smallest absolute Gasteiger partial charge is 0.258 e. The Balaban J connectivity index is 1.81. The Kier molecular flexibility index (Phi) is 6.37. The summed E-state index contributed by atoms with van der Waals surface area (Å²) in [4.78, 5) is 23.0. The van der Waals surface area contributed by atoms with Crippen LogP contribution in [0.1, 0.15) is 25.0 Å². The topological polar surface area (TPSA) is 67.4 Å². The van der Waals surface area contributed by atoms with Crippen LogP contribution < -0.4 is 15.4 Å². The third-order valence-electron chi connectivity index (χ3n) is 3.41. The van der Waals surface area contributed by atoms with Crippen LogP contribution >= 0.6 is 0 Å². The Morgan fingerprint density at radius 3 is 2.54 bits per heavy atom. The molecule has 2 amide bonds. The van der Waals surface area contributed by atoms with E-state index < -0.39 is 0 Å². The number of aryl methyl sites for hydroxylation is 1. The minimum Gasteiger partial charge on any atom is -0.484 e. The van der Waals surface area contributed by atoms with Crippen molar-refractivity contribution in [1.82, 2.24) is 5.32 Å². The van der Waals surface area contributed by atoms with Gasteiger partial charge in [0.1, 0.15) is 5.75 Å². The Labute approximate surface area is 142 Å². The van der Waals surface area contributed by atoms with E-state index >= 15 is 0 Å². The highest BCUT2D eigenvalue weighted by molar-refractivity contribution is 5.88. The number of anilines is 1. The Hall–Kier alpha value is -2.82. The SMILES string of the molecule is CCc1cccc(OCC(=O)NCc2cccc(NC(C)=O)c2)c1. The second-order valence-electron chi connectivity index (χ2n) is 5.45. The van der Waals surface area contributed by atoms with Gasteiger partial charge in [-0.15, -0.1) is 0 Å². The largest absolute Gasteiger partial charge is 0.484 e. The lowest BCUT2D eigenvalue weighted by Crippen LogP contribution is -2.28. The molecule has 5 heteroatoms. The molecule has 0 spiro atoms. The van der Waals surface area contributed by atoms with Crippen molar-refractivity contribution in [2.45, 2.75) is 26.8 Å². The third-order valence-corrected chi connectivity index (χ3v) is 3.41. The zero-order valence-electron chi connectivity index (χ0n) is 14.0. The maximum Gasteiger partial charge on any atom is 0.258 e. The molecule has 0 aliphatic heterocycles. The van der Waals surface area contributed by atoms with Gasteiger partial charge in [-0.25, -0.2) is 0 Å². The van der Waals surface area contributed by atoms with Crippen LogP contribution in [0.4, 0.5) is 5.69 Å². The van der Waals surface area contributed by atoms with Crippen LogP contribution in [0.15, 0.2) is 48.5 Å². The maximum atomic E-state index is 11.9. The molecule has 2 rings (SSSR count). The van der Waals surface area contributed by atoms with Crippen LogP contribution in [-0.2, 0) is 22.6 Å². The molecular weight excluding hydrogens is 304 g/mol. The molecular formula is C19H22N2O3. The lowest BCUT2D eigenvalue weighted by Gasteiger charge is -2.09. The van der Waals surface area contributed by atoms with E-state index in [2.05, 4.69) is 17.6 Å². The van der Waals surface area contributed by atoms with Crippen LogP contribution in [0.2, 0.25) is 0 Å². The Bertz CT molecular complexity index is 713. The first-order valence-electron chi connectivity index (χ1n) is 7.92. The lowest BCUT2D eigenvalue weighted by molar-refractivity contribution is -0.123. The molecule has 24 heavy (non-hydrogen) atoms. The van der Waals surface area contributed by atoms with Gasteiger partial charge >= 0.3 is 0 Å². The number of carbonyl (C=O) groups excluding carboxylic acids is 2. The molecule has 0 bridgehead atoms. The molecule has 5 nitrogen and oxygen atoms in total. The van der Waals surface area contributed by atoms with E-state index in [1.807, 2.05) is 42.5 Å². The average Bonchev–Trinajstić information content (AvgIpc) is 2.58. The third kappa shape index (κ3) is 5.76. The van der Waals surface area contributed by atoms with E-state index in [1.165, 1.54) is 12.5 Å². The van der Waals surface area contributed by atoms with E-state index in [4.69, 9.17) is 4.74 Å². The summed E-state index contributed by atoms with van der Waals surface area (Å²) >= 11 is 0. The van der Waals surface area contributed by atoms with Crippen LogP contribution in [-0.4, -0.2) is 18.4 Å². The highest BCUT2D eigenvalue weighted by Gasteiger charge is 2.04. The number of hydrogen-bond donors (Lipinski definition) is 2. The summed E-state index contributed by atoms with van der Waals surface area (Å²) in [7, 11) is 0. The van der Waals surface area contributed by atoms with Crippen molar-refractivity contribution in [2.24, 2.45) is 0 Å². The minimum atomic E-state index is -0.193. The van der Waals surface area contributed by atoms with Gasteiger partial charge in [0, 0.05) is 19.2 Å². The van der Waals surface area contributed by atoms with Gasteiger partial charge in [0.2, 0.25) is 5.91 Å². The van der Waals surface area contributed by atoms with E-state index in [9.17, 15) is 9.59 Å². The summed E-state index contributed by atoms with van der Waals surface area (Å²) < 4.78 is 5.51. The van der Waals surface area contributed by atoms with E-state index in [-0.39, 0.29) is 18.4 Å². The molecule has 0 fully saturated rings. The molecule has 0 unspecified atom stereocenters. The minimum absolute atomic E-state index is 0.0292. The first-order chi connectivity index (χ1) is 11.6. The predicted octanol–water partition coefficient (Wildman–Crippen LogP) is 2.90. The molecule has 0 aliphatic carbocycles. The summed E-state index contributed by atoms with van der Waals surface area (Å²) in [6, 6.07) is 15.1. The number of benzene rings is 2. The Morgan fingerprint density at radius 1 is 1.04 bits per heavy atom. The molecule has 126 valence electrons. The number of hydrogen-bond acceptors (Lipinski definition) is 3. The molecule has 0 heterocycles. The zero-order chi connectivity index (χ0) is 17.4. The van der Waals surface area contributed by atoms with Gasteiger partial charge in [-0.3, -0.25) is 9.59 Å².